The van der Waals surface area contributed by atoms with E-state index in [1.54, 1.807) is 0 Å². The summed E-state index contributed by atoms with van der Waals surface area (Å²) in [5, 5.41) is 3.59. The molecule has 0 aliphatic rings. The van der Waals surface area contributed by atoms with Crippen LogP contribution in [0.3, 0.4) is 0 Å². The molecule has 1 unspecified atom stereocenters. The standard InChI is InChI=1S/C16H20N2/c1-2-3-9-16(14-7-5-4-6-8-14)18-15-10-12-17-13-11-15/h4-8,10-13,16H,2-3,9H2,1H3,(H,17,18). The highest BCUT2D eigenvalue weighted by atomic mass is 14.9. The molecule has 18 heavy (non-hydrogen) atoms. The van der Waals surface area contributed by atoms with Crippen LogP contribution in [0.4, 0.5) is 5.69 Å². The Balaban J connectivity index is 2.10. The molecule has 1 atom stereocenters. The average Bonchev–Trinajstić information content (AvgIpc) is 2.45. The van der Waals surface area contributed by atoms with Crippen LogP contribution in [0.15, 0.2) is 54.9 Å². The van der Waals surface area contributed by atoms with Crippen LogP contribution in [0.1, 0.15) is 37.8 Å². The van der Waals surface area contributed by atoms with E-state index in [0.29, 0.717) is 6.04 Å². The molecule has 0 radical (unpaired) electrons. The maximum absolute atomic E-state index is 4.05. The maximum atomic E-state index is 4.05. The molecular formula is C16H20N2. The van der Waals surface area contributed by atoms with Gasteiger partial charge in [-0.1, -0.05) is 50.1 Å². The minimum absolute atomic E-state index is 0.383. The Morgan fingerprint density at radius 2 is 1.78 bits per heavy atom. The number of nitrogens with one attached hydrogen (secondary N) is 1. The van der Waals surface area contributed by atoms with Crippen molar-refractivity contribution >= 4 is 5.69 Å². The molecule has 0 spiro atoms. The number of unbranched alkanes of at least 4 members (excludes halogenated alkanes) is 1. The van der Waals surface area contributed by atoms with Gasteiger partial charge in [0.2, 0.25) is 0 Å². The molecule has 0 amide bonds. The van der Waals surface area contributed by atoms with Crippen molar-refractivity contribution in [2.24, 2.45) is 0 Å². The van der Waals surface area contributed by atoms with Crippen molar-refractivity contribution in [1.82, 2.24) is 4.98 Å². The van der Waals surface area contributed by atoms with Crippen LogP contribution in [-0.4, -0.2) is 4.98 Å². The first kappa shape index (κ1) is 12.6. The van der Waals surface area contributed by atoms with E-state index in [0.717, 1.165) is 12.1 Å². The van der Waals surface area contributed by atoms with E-state index < -0.39 is 0 Å². The van der Waals surface area contributed by atoms with E-state index in [2.05, 4.69) is 47.6 Å². The number of aromatic nitrogens is 1. The summed E-state index contributed by atoms with van der Waals surface area (Å²) >= 11 is 0. The Morgan fingerprint density at radius 1 is 1.06 bits per heavy atom. The summed E-state index contributed by atoms with van der Waals surface area (Å²) in [6.07, 6.45) is 7.26. The van der Waals surface area contributed by atoms with Crippen molar-refractivity contribution in [3.05, 3.63) is 60.4 Å². The van der Waals surface area contributed by atoms with E-state index in [9.17, 15) is 0 Å². The van der Waals surface area contributed by atoms with Crippen molar-refractivity contribution in [3.8, 4) is 0 Å². The summed E-state index contributed by atoms with van der Waals surface area (Å²) in [5.74, 6) is 0. The first-order valence-corrected chi connectivity index (χ1v) is 6.61. The predicted octanol–water partition coefficient (Wildman–Crippen LogP) is 4.43. The summed E-state index contributed by atoms with van der Waals surface area (Å²) < 4.78 is 0. The maximum Gasteiger partial charge on any atom is 0.0513 e. The fourth-order valence-electron chi connectivity index (χ4n) is 2.07. The highest BCUT2D eigenvalue weighted by Crippen LogP contribution is 2.24. The van der Waals surface area contributed by atoms with Crippen LogP contribution in [0.2, 0.25) is 0 Å². The zero-order valence-corrected chi connectivity index (χ0v) is 10.8. The molecule has 1 aromatic carbocycles. The zero-order valence-electron chi connectivity index (χ0n) is 10.8. The van der Waals surface area contributed by atoms with Crippen molar-refractivity contribution in [3.63, 3.8) is 0 Å². The third-order valence-electron chi connectivity index (χ3n) is 3.07. The molecule has 0 bridgehead atoms. The van der Waals surface area contributed by atoms with E-state index in [4.69, 9.17) is 0 Å². The van der Waals surface area contributed by atoms with Crippen molar-refractivity contribution in [1.29, 1.82) is 0 Å². The molecule has 94 valence electrons. The summed E-state index contributed by atoms with van der Waals surface area (Å²) in [6.45, 7) is 2.23. The quantitative estimate of drug-likeness (QED) is 0.808. The van der Waals surface area contributed by atoms with Gasteiger partial charge >= 0.3 is 0 Å². The predicted molar refractivity (Wildman–Crippen MR) is 76.6 cm³/mol. The van der Waals surface area contributed by atoms with Gasteiger partial charge in [-0.05, 0) is 24.1 Å². The van der Waals surface area contributed by atoms with Gasteiger partial charge in [-0.15, -0.1) is 0 Å². The number of hydrogen-bond donors (Lipinski definition) is 1. The van der Waals surface area contributed by atoms with Gasteiger partial charge in [0.05, 0.1) is 6.04 Å². The molecular weight excluding hydrogens is 220 g/mol. The molecule has 2 heteroatoms. The lowest BCUT2D eigenvalue weighted by atomic mass is 10.0. The van der Waals surface area contributed by atoms with Gasteiger partial charge in [-0.25, -0.2) is 0 Å². The summed E-state index contributed by atoms with van der Waals surface area (Å²) in [7, 11) is 0. The average molecular weight is 240 g/mol. The van der Waals surface area contributed by atoms with Crippen LogP contribution in [-0.2, 0) is 0 Å². The van der Waals surface area contributed by atoms with Gasteiger partial charge in [-0.3, -0.25) is 4.98 Å². The van der Waals surface area contributed by atoms with Crippen LogP contribution in [0.25, 0.3) is 0 Å². The van der Waals surface area contributed by atoms with Crippen molar-refractivity contribution in [2.45, 2.75) is 32.2 Å². The Hall–Kier alpha value is -1.83. The fraction of sp³-hybridized carbons (Fsp3) is 0.312. The molecule has 2 rings (SSSR count). The first-order valence-electron chi connectivity index (χ1n) is 6.61. The Labute approximate surface area is 109 Å². The molecule has 2 aromatic rings. The van der Waals surface area contributed by atoms with Crippen LogP contribution in [0.5, 0.6) is 0 Å². The van der Waals surface area contributed by atoms with E-state index >= 15 is 0 Å². The number of benzene rings is 1. The van der Waals surface area contributed by atoms with Crippen LogP contribution < -0.4 is 5.32 Å². The van der Waals surface area contributed by atoms with Gasteiger partial charge in [0.1, 0.15) is 0 Å². The molecule has 0 saturated heterocycles. The van der Waals surface area contributed by atoms with Crippen molar-refractivity contribution < 1.29 is 0 Å². The third kappa shape index (κ3) is 3.59. The van der Waals surface area contributed by atoms with E-state index in [-0.39, 0.29) is 0 Å². The van der Waals surface area contributed by atoms with Crippen LogP contribution >= 0.6 is 0 Å². The smallest absolute Gasteiger partial charge is 0.0513 e. The highest BCUT2D eigenvalue weighted by Gasteiger charge is 2.10. The summed E-state index contributed by atoms with van der Waals surface area (Å²) in [5.41, 5.74) is 2.48. The van der Waals surface area contributed by atoms with E-state index in [1.165, 1.54) is 18.4 Å². The highest BCUT2D eigenvalue weighted by molar-refractivity contribution is 5.43. The number of rotatable bonds is 6. The first-order chi connectivity index (χ1) is 8.90. The molecule has 0 saturated carbocycles. The van der Waals surface area contributed by atoms with Crippen LogP contribution in [0, 0.1) is 0 Å². The van der Waals surface area contributed by atoms with Gasteiger partial charge in [0, 0.05) is 18.1 Å². The van der Waals surface area contributed by atoms with Gasteiger partial charge in [0.25, 0.3) is 0 Å². The molecule has 1 N–H and O–H groups in total. The van der Waals surface area contributed by atoms with Gasteiger partial charge in [-0.2, -0.15) is 0 Å². The lowest BCUT2D eigenvalue weighted by Crippen LogP contribution is -2.10. The Morgan fingerprint density at radius 3 is 2.44 bits per heavy atom. The zero-order chi connectivity index (χ0) is 12.6. The molecule has 0 aliphatic carbocycles. The number of pyridine rings is 1. The van der Waals surface area contributed by atoms with Crippen molar-refractivity contribution in [2.75, 3.05) is 5.32 Å². The second-order valence-corrected chi connectivity index (χ2v) is 4.49. The minimum Gasteiger partial charge on any atom is -0.378 e. The lowest BCUT2D eigenvalue weighted by molar-refractivity contribution is 0.634. The number of hydrogen-bond acceptors (Lipinski definition) is 2. The fourth-order valence-corrected chi connectivity index (χ4v) is 2.07. The second-order valence-electron chi connectivity index (χ2n) is 4.49. The Kier molecular flexibility index (Phi) is 4.77. The van der Waals surface area contributed by atoms with Gasteiger partial charge in [0.15, 0.2) is 0 Å². The minimum atomic E-state index is 0.383. The lowest BCUT2D eigenvalue weighted by Gasteiger charge is -2.20. The Bertz CT molecular complexity index is 439. The summed E-state index contributed by atoms with van der Waals surface area (Å²) in [4.78, 5) is 4.05. The topological polar surface area (TPSA) is 24.9 Å². The molecule has 0 fully saturated rings. The van der Waals surface area contributed by atoms with E-state index in [1.807, 2.05) is 24.5 Å². The number of nitrogens with zero attached hydrogens (tertiary/aromatic N) is 1. The largest absolute Gasteiger partial charge is 0.378 e. The molecule has 0 aliphatic heterocycles. The monoisotopic (exact) mass is 240 g/mol. The molecule has 1 heterocycles. The second kappa shape index (κ2) is 6.80. The molecule has 2 nitrogen and oxygen atoms in total. The molecule has 1 aromatic heterocycles. The summed E-state index contributed by atoms with van der Waals surface area (Å²) in [6, 6.07) is 15.1. The number of anilines is 1. The van der Waals surface area contributed by atoms with Gasteiger partial charge < -0.3 is 5.32 Å². The normalized spacial score (nSPS) is 12.1. The third-order valence-corrected chi connectivity index (χ3v) is 3.07. The SMILES string of the molecule is CCCCC(Nc1ccncc1)c1ccccc1.